The summed E-state index contributed by atoms with van der Waals surface area (Å²) in [7, 11) is 1.66. The van der Waals surface area contributed by atoms with E-state index in [0.717, 1.165) is 119 Å². The Kier molecular flexibility index (Phi) is 12.5. The van der Waals surface area contributed by atoms with E-state index < -0.39 is 5.54 Å². The predicted molar refractivity (Wildman–Crippen MR) is 265 cm³/mol. The number of fused-ring (bicyclic) bond motifs is 8. The molecule has 68 heavy (non-hydrogen) atoms. The zero-order chi connectivity index (χ0) is 46.5. The van der Waals surface area contributed by atoms with Crippen molar-refractivity contribution in [1.29, 1.82) is 0 Å². The average molecular weight is 922 g/mol. The van der Waals surface area contributed by atoms with E-state index in [-0.39, 0.29) is 5.91 Å². The Balaban J connectivity index is 1.09. The van der Waals surface area contributed by atoms with Crippen LogP contribution < -0.4 is 19.4 Å². The van der Waals surface area contributed by atoms with Gasteiger partial charge in [0.25, 0.3) is 5.91 Å². The predicted octanol–water partition coefficient (Wildman–Crippen LogP) is 7.46. The number of hydrogen-bond acceptors (Lipinski definition) is 12. The number of rotatable bonds is 17. The van der Waals surface area contributed by atoms with Crippen LogP contribution in [0.1, 0.15) is 96.3 Å². The van der Waals surface area contributed by atoms with Gasteiger partial charge in [0, 0.05) is 77.5 Å². The standard InChI is InChI=1S/C54H67N9O5/c1-6-58(7-2)38-31-37-33-44-52(41-21-22-48(59(8-3)9-4)62(34-38)50(37)41)68-51-40-17-14-24-60-23-13-15-36(49(40)60)32-43(51)54(44)42-18-11-10-16-39(42)53(64)63(54)47-20-12-19-45(55-47)46-35-61(57-56-46)25-26-66-29-30-67-28-27-65-5/h10-12,16,18-20,32-33,35,38,48H,6-9,13-15,17,21-31,34H2,1-5H3. The molecule has 6 aliphatic rings. The first-order chi connectivity index (χ1) is 33.4. The Morgan fingerprint density at radius 3 is 2.26 bits per heavy atom. The van der Waals surface area contributed by atoms with Crippen molar-refractivity contribution in [3.63, 3.8) is 0 Å². The van der Waals surface area contributed by atoms with Gasteiger partial charge >= 0.3 is 0 Å². The molecule has 1 spiro atoms. The van der Waals surface area contributed by atoms with Crippen molar-refractivity contribution in [2.24, 2.45) is 0 Å². The number of amides is 1. The van der Waals surface area contributed by atoms with Crippen LogP contribution in [0.25, 0.3) is 11.4 Å². The number of pyridine rings is 1. The lowest BCUT2D eigenvalue weighted by molar-refractivity contribution is 0.0224. The highest BCUT2D eigenvalue weighted by atomic mass is 16.5. The van der Waals surface area contributed by atoms with E-state index in [1.54, 1.807) is 11.8 Å². The summed E-state index contributed by atoms with van der Waals surface area (Å²) in [4.78, 5) is 33.8. The fourth-order valence-electron chi connectivity index (χ4n) is 12.7. The summed E-state index contributed by atoms with van der Waals surface area (Å²) in [6.07, 6.45) is 9.11. The highest BCUT2D eigenvalue weighted by Crippen LogP contribution is 2.63. The summed E-state index contributed by atoms with van der Waals surface area (Å²) in [6, 6.07) is 19.5. The number of carbonyl (C=O) groups is 1. The van der Waals surface area contributed by atoms with Crippen LogP contribution >= 0.6 is 0 Å². The minimum absolute atomic E-state index is 0.0698. The molecule has 0 radical (unpaired) electrons. The van der Waals surface area contributed by atoms with Crippen LogP contribution in [0.2, 0.25) is 0 Å². The maximum Gasteiger partial charge on any atom is 0.261 e. The van der Waals surface area contributed by atoms with Gasteiger partial charge in [-0.15, -0.1) is 5.10 Å². The van der Waals surface area contributed by atoms with E-state index in [4.69, 9.17) is 23.9 Å². The lowest BCUT2D eigenvalue weighted by atomic mass is 9.70. The summed E-state index contributed by atoms with van der Waals surface area (Å²) < 4.78 is 25.9. The first kappa shape index (κ1) is 45.1. The summed E-state index contributed by atoms with van der Waals surface area (Å²) in [6.45, 7) is 19.3. The largest absolute Gasteiger partial charge is 0.456 e. The summed E-state index contributed by atoms with van der Waals surface area (Å²) in [5.74, 6) is 2.34. The highest BCUT2D eigenvalue weighted by Gasteiger charge is 2.59. The molecule has 0 bridgehead atoms. The van der Waals surface area contributed by atoms with Gasteiger partial charge in [0.15, 0.2) is 0 Å². The minimum atomic E-state index is -1.07. The Morgan fingerprint density at radius 2 is 1.49 bits per heavy atom. The lowest BCUT2D eigenvalue weighted by Gasteiger charge is -2.52. The first-order valence-electron chi connectivity index (χ1n) is 25.4. The normalized spacial score (nSPS) is 21.0. The first-order valence-corrected chi connectivity index (χ1v) is 25.4. The fraction of sp³-hybridized carbons (Fsp3) is 0.519. The van der Waals surface area contributed by atoms with E-state index >= 15 is 4.79 Å². The molecule has 2 aromatic heterocycles. The maximum atomic E-state index is 15.8. The molecular formula is C54H67N9O5. The van der Waals surface area contributed by atoms with Crippen LogP contribution in [0, 0.1) is 0 Å². The Labute approximate surface area is 401 Å². The van der Waals surface area contributed by atoms with Crippen molar-refractivity contribution < 1.29 is 23.7 Å². The lowest BCUT2D eigenvalue weighted by Crippen LogP contribution is -2.58. The molecule has 5 aromatic rings. The van der Waals surface area contributed by atoms with E-state index in [0.29, 0.717) is 74.6 Å². The SMILES string of the molecule is CCN(CC)C1Cc2cc3c(c4c2N(C1)C(N(CC)CC)CC4)Oc1c(cc2c4c1CCCN4CCC2)C31c2ccccc2C(=O)N1c1cccc(-c2cn(CCOCCOCCOC)nn2)n1. The molecule has 0 aliphatic carbocycles. The van der Waals surface area contributed by atoms with Gasteiger partial charge in [0.05, 0.1) is 57.6 Å². The molecule has 3 unspecified atom stereocenters. The van der Waals surface area contributed by atoms with Crippen molar-refractivity contribution in [1.82, 2.24) is 29.8 Å². The number of carbonyl (C=O) groups excluding carboxylic acids is 1. The van der Waals surface area contributed by atoms with Crippen LogP contribution in [-0.2, 0) is 52.0 Å². The third-order valence-electron chi connectivity index (χ3n) is 15.7. The molecule has 8 heterocycles. The second kappa shape index (κ2) is 18.8. The fourth-order valence-corrected chi connectivity index (χ4v) is 12.7. The molecule has 1 amide bonds. The molecule has 11 rings (SSSR count). The van der Waals surface area contributed by atoms with Gasteiger partial charge < -0.3 is 28.7 Å². The van der Waals surface area contributed by atoms with E-state index in [1.807, 2.05) is 41.4 Å². The number of nitrogens with zero attached hydrogens (tertiary/aromatic N) is 9. The molecule has 0 N–H and O–H groups in total. The van der Waals surface area contributed by atoms with Gasteiger partial charge in [-0.3, -0.25) is 19.5 Å². The minimum Gasteiger partial charge on any atom is -0.456 e. The van der Waals surface area contributed by atoms with Gasteiger partial charge in [-0.25, -0.2) is 9.67 Å². The van der Waals surface area contributed by atoms with Crippen molar-refractivity contribution in [3.05, 3.63) is 105 Å². The topological polar surface area (TPSA) is 114 Å². The third-order valence-corrected chi connectivity index (χ3v) is 15.7. The van der Waals surface area contributed by atoms with Crippen LogP contribution in [0.5, 0.6) is 11.5 Å². The molecule has 14 heteroatoms. The number of likely N-dealkylation sites (N-methyl/N-ethyl adjacent to an activating group) is 1. The van der Waals surface area contributed by atoms with Crippen molar-refractivity contribution in [2.45, 2.75) is 96.9 Å². The van der Waals surface area contributed by atoms with Crippen LogP contribution in [0.4, 0.5) is 17.2 Å². The molecule has 0 saturated heterocycles. The maximum absolute atomic E-state index is 15.8. The van der Waals surface area contributed by atoms with E-state index in [1.165, 1.54) is 33.6 Å². The van der Waals surface area contributed by atoms with Crippen molar-refractivity contribution in [2.75, 3.05) is 101 Å². The number of aromatic nitrogens is 4. The summed E-state index contributed by atoms with van der Waals surface area (Å²) in [5.41, 5.74) is 11.9. The quantitative estimate of drug-likeness (QED) is 0.0864. The summed E-state index contributed by atoms with van der Waals surface area (Å²) in [5, 5.41) is 9.04. The van der Waals surface area contributed by atoms with Gasteiger partial charge in [-0.2, -0.15) is 0 Å². The highest BCUT2D eigenvalue weighted by molar-refractivity contribution is 6.14. The van der Waals surface area contributed by atoms with Crippen LogP contribution in [0.3, 0.4) is 0 Å². The molecule has 3 aromatic carbocycles. The van der Waals surface area contributed by atoms with Gasteiger partial charge in [-0.05, 0) is 113 Å². The smallest absolute Gasteiger partial charge is 0.261 e. The van der Waals surface area contributed by atoms with Crippen LogP contribution in [0.15, 0.2) is 60.8 Å². The second-order valence-electron chi connectivity index (χ2n) is 19.1. The second-order valence-corrected chi connectivity index (χ2v) is 19.1. The molecular weight excluding hydrogens is 855 g/mol. The van der Waals surface area contributed by atoms with Crippen molar-refractivity contribution in [3.8, 4) is 22.9 Å². The molecule has 0 fully saturated rings. The number of methoxy groups -OCH3 is 1. The average Bonchev–Trinajstić information content (AvgIpc) is 3.95. The Bertz CT molecular complexity index is 2680. The zero-order valence-electron chi connectivity index (χ0n) is 40.6. The monoisotopic (exact) mass is 922 g/mol. The van der Waals surface area contributed by atoms with Gasteiger partial charge in [0.1, 0.15) is 28.5 Å². The molecule has 358 valence electrons. The number of benzene rings is 3. The molecule has 14 nitrogen and oxygen atoms in total. The van der Waals surface area contributed by atoms with Crippen LogP contribution in [-0.4, -0.2) is 134 Å². The van der Waals surface area contributed by atoms with Gasteiger partial charge in [-0.1, -0.05) is 57.2 Å². The number of anilines is 3. The number of ether oxygens (including phenoxy) is 4. The van der Waals surface area contributed by atoms with E-state index in [9.17, 15) is 0 Å². The van der Waals surface area contributed by atoms with Gasteiger partial charge in [0.2, 0.25) is 0 Å². The van der Waals surface area contributed by atoms with E-state index in [2.05, 4.69) is 81.9 Å². The Morgan fingerprint density at radius 1 is 0.765 bits per heavy atom. The summed E-state index contributed by atoms with van der Waals surface area (Å²) >= 11 is 0. The zero-order valence-corrected chi connectivity index (χ0v) is 40.6. The molecule has 3 atom stereocenters. The Hall–Kier alpha value is -5.38. The number of hydrogen-bond donors (Lipinski definition) is 0. The molecule has 6 aliphatic heterocycles. The number of aryl methyl sites for hydroxylation is 1. The van der Waals surface area contributed by atoms with Crippen molar-refractivity contribution >= 4 is 23.1 Å². The molecule has 0 saturated carbocycles. The third kappa shape index (κ3) is 7.32.